The van der Waals surface area contributed by atoms with Crippen molar-refractivity contribution in [2.24, 2.45) is 0 Å². The van der Waals surface area contributed by atoms with Gasteiger partial charge in [-0.05, 0) is 40.7 Å². The molecule has 0 heteroatoms. The maximum atomic E-state index is 2.27. The van der Waals surface area contributed by atoms with Gasteiger partial charge < -0.3 is 0 Å². The molecule has 0 heterocycles. The second-order valence-corrected chi connectivity index (χ2v) is 4.91. The van der Waals surface area contributed by atoms with Gasteiger partial charge in [-0.3, -0.25) is 0 Å². The van der Waals surface area contributed by atoms with Crippen molar-refractivity contribution in [3.8, 4) is 0 Å². The fraction of sp³-hybridized carbons (Fsp3) is 0.222. The summed E-state index contributed by atoms with van der Waals surface area (Å²) in [4.78, 5) is 0. The molecular weight excluding hydrogens is 216 g/mol. The molecule has 0 radical (unpaired) electrons. The molecule has 0 amide bonds. The van der Waals surface area contributed by atoms with Crippen LogP contribution in [0.2, 0.25) is 0 Å². The summed E-state index contributed by atoms with van der Waals surface area (Å²) >= 11 is 0. The predicted molar refractivity (Wildman–Crippen MR) is 78.3 cm³/mol. The summed E-state index contributed by atoms with van der Waals surface area (Å²) in [7, 11) is 0. The lowest BCUT2D eigenvalue weighted by Gasteiger charge is -2.07. The maximum absolute atomic E-state index is 2.27. The Hall–Kier alpha value is -1.82. The molecule has 2 aromatic rings. The van der Waals surface area contributed by atoms with Crippen molar-refractivity contribution < 1.29 is 0 Å². The lowest BCUT2D eigenvalue weighted by atomic mass is 9.97. The Balaban J connectivity index is 2.11. The van der Waals surface area contributed by atoms with Crippen LogP contribution in [0.4, 0.5) is 0 Å². The van der Waals surface area contributed by atoms with Crippen LogP contribution >= 0.6 is 0 Å². The van der Waals surface area contributed by atoms with Gasteiger partial charge in [0, 0.05) is 0 Å². The fourth-order valence-corrected chi connectivity index (χ4v) is 2.88. The standard InChI is InChI=1S/C18H18/c1-2-8-17-16-12-7-6-11-15(16)13-18(17)14-9-4-3-5-10-14/h3-7,9-12H,2,8,13H2,1H3. The van der Waals surface area contributed by atoms with Crippen LogP contribution in [0, 0.1) is 0 Å². The van der Waals surface area contributed by atoms with E-state index in [0.29, 0.717) is 0 Å². The van der Waals surface area contributed by atoms with Gasteiger partial charge in [-0.2, -0.15) is 0 Å². The van der Waals surface area contributed by atoms with E-state index in [1.165, 1.54) is 35.1 Å². The van der Waals surface area contributed by atoms with Crippen molar-refractivity contribution in [3.63, 3.8) is 0 Å². The smallest absolute Gasteiger partial charge is 0.00108 e. The van der Waals surface area contributed by atoms with Gasteiger partial charge in [0.05, 0.1) is 0 Å². The highest BCUT2D eigenvalue weighted by Crippen LogP contribution is 2.40. The molecule has 0 nitrogen and oxygen atoms in total. The molecule has 0 fully saturated rings. The summed E-state index contributed by atoms with van der Waals surface area (Å²) in [5.74, 6) is 0. The van der Waals surface area contributed by atoms with E-state index in [1.807, 2.05) is 0 Å². The zero-order chi connectivity index (χ0) is 12.4. The minimum Gasteiger partial charge on any atom is -0.0651 e. The number of fused-ring (bicyclic) bond motifs is 1. The van der Waals surface area contributed by atoms with Crippen LogP contribution in [0.15, 0.2) is 54.6 Å². The van der Waals surface area contributed by atoms with E-state index >= 15 is 0 Å². The zero-order valence-corrected chi connectivity index (χ0v) is 10.8. The number of hydrogen-bond acceptors (Lipinski definition) is 0. The molecule has 3 rings (SSSR count). The highest BCUT2D eigenvalue weighted by atomic mass is 14.2. The van der Waals surface area contributed by atoms with Gasteiger partial charge in [-0.15, -0.1) is 0 Å². The van der Waals surface area contributed by atoms with Gasteiger partial charge >= 0.3 is 0 Å². The molecule has 18 heavy (non-hydrogen) atoms. The molecule has 0 aromatic heterocycles. The first-order valence-electron chi connectivity index (χ1n) is 6.76. The van der Waals surface area contributed by atoms with E-state index in [1.54, 1.807) is 5.57 Å². The van der Waals surface area contributed by atoms with E-state index in [4.69, 9.17) is 0 Å². The van der Waals surface area contributed by atoms with E-state index in [2.05, 4.69) is 61.5 Å². The average Bonchev–Trinajstić information content (AvgIpc) is 2.80. The third kappa shape index (κ3) is 1.88. The molecule has 0 saturated heterocycles. The van der Waals surface area contributed by atoms with Crippen LogP contribution in [0.3, 0.4) is 0 Å². The Morgan fingerprint density at radius 2 is 1.61 bits per heavy atom. The van der Waals surface area contributed by atoms with Crippen LogP contribution in [0.1, 0.15) is 36.5 Å². The molecule has 0 N–H and O–H groups in total. The van der Waals surface area contributed by atoms with E-state index < -0.39 is 0 Å². The number of benzene rings is 2. The van der Waals surface area contributed by atoms with Gasteiger partial charge in [0.2, 0.25) is 0 Å². The van der Waals surface area contributed by atoms with Crippen molar-refractivity contribution >= 4 is 11.1 Å². The number of hydrogen-bond donors (Lipinski definition) is 0. The van der Waals surface area contributed by atoms with Gasteiger partial charge in [0.15, 0.2) is 0 Å². The predicted octanol–water partition coefficient (Wildman–Crippen LogP) is 4.95. The monoisotopic (exact) mass is 234 g/mol. The van der Waals surface area contributed by atoms with Crippen LogP contribution in [-0.2, 0) is 6.42 Å². The Kier molecular flexibility index (Phi) is 3.02. The SMILES string of the molecule is CCCC1=C(c2ccccc2)Cc2ccccc21. The van der Waals surface area contributed by atoms with Gasteiger partial charge in [0.1, 0.15) is 0 Å². The molecule has 0 saturated carbocycles. The van der Waals surface area contributed by atoms with Gasteiger partial charge in [0.25, 0.3) is 0 Å². The Bertz CT molecular complexity index is 576. The van der Waals surface area contributed by atoms with Crippen LogP contribution in [0.5, 0.6) is 0 Å². The quantitative estimate of drug-likeness (QED) is 0.704. The van der Waals surface area contributed by atoms with E-state index in [-0.39, 0.29) is 0 Å². The molecule has 1 aliphatic carbocycles. The first kappa shape index (κ1) is 11.3. The first-order valence-corrected chi connectivity index (χ1v) is 6.76. The average molecular weight is 234 g/mol. The molecule has 0 bridgehead atoms. The number of allylic oxidation sites excluding steroid dienone is 2. The second kappa shape index (κ2) is 4.81. The minimum absolute atomic E-state index is 1.09. The van der Waals surface area contributed by atoms with E-state index in [9.17, 15) is 0 Å². The van der Waals surface area contributed by atoms with Crippen molar-refractivity contribution in [1.82, 2.24) is 0 Å². The minimum atomic E-state index is 1.09. The molecule has 0 aliphatic heterocycles. The number of rotatable bonds is 3. The van der Waals surface area contributed by atoms with Crippen molar-refractivity contribution in [3.05, 3.63) is 71.3 Å². The first-order chi connectivity index (χ1) is 8.90. The Morgan fingerprint density at radius 3 is 2.39 bits per heavy atom. The summed E-state index contributed by atoms with van der Waals surface area (Å²) in [5.41, 5.74) is 7.42. The van der Waals surface area contributed by atoms with Crippen LogP contribution in [-0.4, -0.2) is 0 Å². The third-order valence-electron chi connectivity index (χ3n) is 3.70. The maximum Gasteiger partial charge on any atom is -0.00108 e. The molecule has 0 spiro atoms. The highest BCUT2D eigenvalue weighted by molar-refractivity contribution is 5.96. The zero-order valence-electron chi connectivity index (χ0n) is 10.8. The molecule has 90 valence electrons. The summed E-state index contributed by atoms with van der Waals surface area (Å²) < 4.78 is 0. The summed E-state index contributed by atoms with van der Waals surface area (Å²) in [6.07, 6.45) is 3.48. The van der Waals surface area contributed by atoms with Crippen molar-refractivity contribution in [1.29, 1.82) is 0 Å². The Morgan fingerprint density at radius 1 is 0.889 bits per heavy atom. The summed E-state index contributed by atoms with van der Waals surface area (Å²) in [5, 5.41) is 0. The van der Waals surface area contributed by atoms with Crippen LogP contribution in [0.25, 0.3) is 11.1 Å². The molecule has 2 aromatic carbocycles. The topological polar surface area (TPSA) is 0 Å². The summed E-state index contributed by atoms with van der Waals surface area (Å²) in [6, 6.07) is 19.7. The van der Waals surface area contributed by atoms with Crippen molar-refractivity contribution in [2.45, 2.75) is 26.2 Å². The van der Waals surface area contributed by atoms with E-state index in [0.717, 1.165) is 6.42 Å². The largest absolute Gasteiger partial charge is 0.0651 e. The molecule has 0 unspecified atom stereocenters. The molecular formula is C18H18. The Labute approximate surface area is 109 Å². The molecule has 1 aliphatic rings. The highest BCUT2D eigenvalue weighted by Gasteiger charge is 2.20. The molecule has 0 atom stereocenters. The lowest BCUT2D eigenvalue weighted by Crippen LogP contribution is -1.86. The van der Waals surface area contributed by atoms with Gasteiger partial charge in [-0.25, -0.2) is 0 Å². The third-order valence-corrected chi connectivity index (χ3v) is 3.70. The van der Waals surface area contributed by atoms with Gasteiger partial charge in [-0.1, -0.05) is 67.9 Å². The fourth-order valence-electron chi connectivity index (χ4n) is 2.88. The summed E-state index contributed by atoms with van der Waals surface area (Å²) in [6.45, 7) is 2.26. The second-order valence-electron chi connectivity index (χ2n) is 4.91. The lowest BCUT2D eigenvalue weighted by molar-refractivity contribution is 0.976. The van der Waals surface area contributed by atoms with Crippen LogP contribution < -0.4 is 0 Å². The normalized spacial score (nSPS) is 13.8. The van der Waals surface area contributed by atoms with Crippen molar-refractivity contribution in [2.75, 3.05) is 0 Å².